The lowest BCUT2D eigenvalue weighted by atomic mass is 10.3. The fourth-order valence-corrected chi connectivity index (χ4v) is 2.27. The molecular weight excluding hydrogens is 216 g/mol. The van der Waals surface area contributed by atoms with E-state index in [9.17, 15) is 0 Å². The van der Waals surface area contributed by atoms with Crippen LogP contribution in [-0.2, 0) is 0 Å². The van der Waals surface area contributed by atoms with Crippen molar-refractivity contribution < 1.29 is 0 Å². The molecule has 2 heterocycles. The predicted molar refractivity (Wildman–Crippen MR) is 69.4 cm³/mol. The van der Waals surface area contributed by atoms with Crippen LogP contribution in [0.25, 0.3) is 0 Å². The Kier molecular flexibility index (Phi) is 3.86. The summed E-state index contributed by atoms with van der Waals surface area (Å²) in [6.45, 7) is 7.86. The van der Waals surface area contributed by atoms with Gasteiger partial charge in [-0.05, 0) is 6.92 Å². The van der Waals surface area contributed by atoms with Gasteiger partial charge in [-0.1, -0.05) is 0 Å². The number of amidine groups is 1. The molecule has 0 aromatic carbocycles. The molecule has 0 amide bonds. The Balaban J connectivity index is 1.91. The first-order chi connectivity index (χ1) is 8.19. The van der Waals surface area contributed by atoms with Crippen molar-refractivity contribution in [1.29, 1.82) is 0 Å². The molecule has 0 bridgehead atoms. The second-order valence-electron chi connectivity index (χ2n) is 4.52. The molecule has 2 aliphatic heterocycles. The molecule has 17 heavy (non-hydrogen) atoms. The van der Waals surface area contributed by atoms with Crippen LogP contribution in [0.4, 0.5) is 0 Å². The quantitative estimate of drug-likeness (QED) is 0.570. The summed E-state index contributed by atoms with van der Waals surface area (Å²) in [4.78, 5) is 8.94. The smallest absolute Gasteiger partial charge is 0.124 e. The minimum Gasteiger partial charge on any atom is -0.384 e. The van der Waals surface area contributed by atoms with Gasteiger partial charge in [0, 0.05) is 45.3 Å². The maximum Gasteiger partial charge on any atom is 0.124 e. The van der Waals surface area contributed by atoms with E-state index < -0.39 is 0 Å². The summed E-state index contributed by atoms with van der Waals surface area (Å²) < 4.78 is 0. The highest BCUT2D eigenvalue weighted by Crippen LogP contribution is 2.10. The molecule has 1 saturated heterocycles. The number of nitrogens with one attached hydrogen (secondary N) is 1. The van der Waals surface area contributed by atoms with E-state index in [0.29, 0.717) is 5.84 Å². The number of hydrogen-bond donors (Lipinski definition) is 3. The molecule has 6 heteroatoms. The van der Waals surface area contributed by atoms with E-state index >= 15 is 0 Å². The van der Waals surface area contributed by atoms with Gasteiger partial charge in [-0.15, -0.1) is 0 Å². The van der Waals surface area contributed by atoms with E-state index in [1.54, 1.807) is 0 Å². The maximum atomic E-state index is 5.78. The molecule has 0 spiro atoms. The lowest BCUT2D eigenvalue weighted by molar-refractivity contribution is 0.153. The summed E-state index contributed by atoms with van der Waals surface area (Å²) in [5.41, 5.74) is 11.3. The summed E-state index contributed by atoms with van der Waals surface area (Å²) in [5, 5.41) is 3.34. The Hall–Kier alpha value is -1.27. The number of nitrogens with two attached hydrogens (primary N) is 2. The molecule has 2 rings (SSSR count). The highest BCUT2D eigenvalue weighted by Gasteiger charge is 2.20. The van der Waals surface area contributed by atoms with Gasteiger partial charge in [0.05, 0.1) is 0 Å². The van der Waals surface area contributed by atoms with Crippen LogP contribution in [0.1, 0.15) is 6.92 Å². The largest absolute Gasteiger partial charge is 0.384 e. The molecule has 2 aliphatic rings. The summed E-state index contributed by atoms with van der Waals surface area (Å²) >= 11 is 0. The summed E-state index contributed by atoms with van der Waals surface area (Å²) in [7, 11) is 0. The molecule has 0 saturated carbocycles. The lowest BCUT2D eigenvalue weighted by Crippen LogP contribution is -2.50. The van der Waals surface area contributed by atoms with Crippen LogP contribution in [0.5, 0.6) is 0 Å². The molecule has 1 atom stereocenters. The predicted octanol–water partition coefficient (Wildman–Crippen LogP) is -1.29. The van der Waals surface area contributed by atoms with E-state index in [-0.39, 0.29) is 6.17 Å². The van der Waals surface area contributed by atoms with E-state index in [2.05, 4.69) is 20.1 Å². The van der Waals surface area contributed by atoms with Gasteiger partial charge in [0.1, 0.15) is 17.8 Å². The average Bonchev–Trinajstić information content (AvgIpc) is 2.29. The van der Waals surface area contributed by atoms with Crippen LogP contribution in [0.3, 0.4) is 0 Å². The molecule has 6 nitrogen and oxygen atoms in total. The van der Waals surface area contributed by atoms with Crippen molar-refractivity contribution in [2.75, 3.05) is 39.3 Å². The van der Waals surface area contributed by atoms with Crippen LogP contribution >= 0.6 is 0 Å². The molecule has 1 fully saturated rings. The van der Waals surface area contributed by atoms with Gasteiger partial charge in [0.15, 0.2) is 0 Å². The van der Waals surface area contributed by atoms with E-state index in [1.807, 2.05) is 13.0 Å². The second-order valence-corrected chi connectivity index (χ2v) is 4.52. The molecule has 0 aromatic rings. The fourth-order valence-electron chi connectivity index (χ4n) is 2.27. The van der Waals surface area contributed by atoms with Crippen LogP contribution in [0, 0.1) is 0 Å². The fraction of sp³-hybridized carbons (Fsp3) is 0.727. The van der Waals surface area contributed by atoms with E-state index in [4.69, 9.17) is 11.5 Å². The molecule has 0 radical (unpaired) electrons. The molecular formula is C11H22N6. The third kappa shape index (κ3) is 3.10. The zero-order valence-electron chi connectivity index (χ0n) is 10.4. The number of piperazine rings is 1. The van der Waals surface area contributed by atoms with E-state index in [1.165, 1.54) is 0 Å². The molecule has 0 aliphatic carbocycles. The van der Waals surface area contributed by atoms with Crippen LogP contribution in [-0.4, -0.2) is 61.1 Å². The van der Waals surface area contributed by atoms with Crippen molar-refractivity contribution in [2.24, 2.45) is 16.5 Å². The van der Waals surface area contributed by atoms with Gasteiger partial charge in [0.25, 0.3) is 0 Å². The normalized spacial score (nSPS) is 26.2. The first-order valence-corrected chi connectivity index (χ1v) is 6.18. The highest BCUT2D eigenvalue weighted by atomic mass is 15.3. The number of nitrogens with zero attached hydrogens (tertiary/aromatic N) is 3. The monoisotopic (exact) mass is 238 g/mol. The van der Waals surface area contributed by atoms with Crippen molar-refractivity contribution in [2.45, 2.75) is 13.1 Å². The first kappa shape index (κ1) is 12.2. The van der Waals surface area contributed by atoms with Crippen molar-refractivity contribution in [1.82, 2.24) is 15.1 Å². The van der Waals surface area contributed by atoms with Gasteiger partial charge >= 0.3 is 0 Å². The van der Waals surface area contributed by atoms with Gasteiger partial charge in [0.2, 0.25) is 0 Å². The highest BCUT2D eigenvalue weighted by molar-refractivity contribution is 5.92. The van der Waals surface area contributed by atoms with Gasteiger partial charge < -0.3 is 21.7 Å². The Labute approximate surface area is 102 Å². The molecule has 0 aromatic heterocycles. The average molecular weight is 238 g/mol. The zero-order chi connectivity index (χ0) is 12.3. The van der Waals surface area contributed by atoms with Crippen molar-refractivity contribution in [3.05, 3.63) is 11.9 Å². The third-order valence-corrected chi connectivity index (χ3v) is 3.14. The number of rotatable bonds is 3. The first-order valence-electron chi connectivity index (χ1n) is 6.18. The van der Waals surface area contributed by atoms with Gasteiger partial charge in [-0.3, -0.25) is 4.90 Å². The summed E-state index contributed by atoms with van der Waals surface area (Å²) in [6.07, 6.45) is 1.98. The Bertz CT molecular complexity index is 316. The minimum absolute atomic E-state index is 0.0667. The minimum atomic E-state index is 0.0667. The second kappa shape index (κ2) is 5.37. The van der Waals surface area contributed by atoms with Crippen molar-refractivity contribution >= 4 is 5.84 Å². The van der Waals surface area contributed by atoms with Gasteiger partial charge in [-0.25, -0.2) is 4.99 Å². The van der Waals surface area contributed by atoms with E-state index in [0.717, 1.165) is 45.1 Å². The number of hydrogen-bond acceptors (Lipinski definition) is 6. The van der Waals surface area contributed by atoms with Crippen LogP contribution < -0.4 is 16.8 Å². The molecule has 96 valence electrons. The van der Waals surface area contributed by atoms with Crippen molar-refractivity contribution in [3.8, 4) is 0 Å². The lowest BCUT2D eigenvalue weighted by Gasteiger charge is -2.38. The molecule has 1 unspecified atom stereocenters. The zero-order valence-corrected chi connectivity index (χ0v) is 10.4. The Morgan fingerprint density at radius 1 is 1.41 bits per heavy atom. The summed E-state index contributed by atoms with van der Waals surface area (Å²) in [5.74, 6) is 1.70. The SMILES string of the molecule is CC1N=C(N)C=C(N2CCN(CCN)CC2)N1. The Morgan fingerprint density at radius 2 is 2.12 bits per heavy atom. The summed E-state index contributed by atoms with van der Waals surface area (Å²) in [6, 6.07) is 0. The third-order valence-electron chi connectivity index (χ3n) is 3.14. The van der Waals surface area contributed by atoms with Crippen LogP contribution in [0.2, 0.25) is 0 Å². The van der Waals surface area contributed by atoms with Crippen molar-refractivity contribution in [3.63, 3.8) is 0 Å². The number of aliphatic imine (C=N–C) groups is 1. The van der Waals surface area contributed by atoms with Gasteiger partial charge in [-0.2, -0.15) is 0 Å². The standard InChI is InChI=1S/C11H22N6/c1-9-14-10(13)8-11(15-9)17-6-4-16(3-2-12)5-7-17/h8-9,15H,2-7,12H2,1H3,(H2,13,14). The molecule has 5 N–H and O–H groups in total. The topological polar surface area (TPSA) is 82.9 Å². The Morgan fingerprint density at radius 3 is 2.71 bits per heavy atom. The maximum absolute atomic E-state index is 5.78. The van der Waals surface area contributed by atoms with Crippen LogP contribution in [0.15, 0.2) is 16.9 Å².